The predicted molar refractivity (Wildman–Crippen MR) is 107 cm³/mol. The standard InChI is InChI=1S/C18H19ClFN5O2S/c1-11(2)25-10-13(9-23-25)12-6-17(18(21)22-8-12)28(26,27)24(3)14-4-5-16(20)15(19)7-14/h4-11H,1-3H3,(H2,21,22). The van der Waals surface area contributed by atoms with E-state index in [4.69, 9.17) is 17.3 Å². The third-order valence-corrected chi connectivity index (χ3v) is 6.36. The molecule has 0 saturated carbocycles. The maximum Gasteiger partial charge on any atom is 0.267 e. The van der Waals surface area contributed by atoms with Crippen LogP contribution in [0.4, 0.5) is 15.9 Å². The Bertz CT molecular complexity index is 1130. The normalized spacial score (nSPS) is 11.8. The highest BCUT2D eigenvalue weighted by atomic mass is 35.5. The van der Waals surface area contributed by atoms with E-state index in [1.54, 1.807) is 17.1 Å². The van der Waals surface area contributed by atoms with E-state index in [1.165, 1.54) is 31.4 Å². The first-order valence-corrected chi connectivity index (χ1v) is 10.2. The maximum absolute atomic E-state index is 13.4. The average molecular weight is 424 g/mol. The highest BCUT2D eigenvalue weighted by molar-refractivity contribution is 7.93. The SMILES string of the molecule is CC(C)n1cc(-c2cnc(N)c(S(=O)(=O)N(C)c3ccc(F)c(Cl)c3)c2)cn1. The molecule has 1 aromatic carbocycles. The van der Waals surface area contributed by atoms with Crippen LogP contribution in [0.2, 0.25) is 5.02 Å². The quantitative estimate of drug-likeness (QED) is 0.674. The molecule has 3 rings (SSSR count). The number of pyridine rings is 1. The molecule has 2 N–H and O–H groups in total. The van der Waals surface area contributed by atoms with E-state index in [0.29, 0.717) is 11.1 Å². The van der Waals surface area contributed by atoms with Crippen LogP contribution in [0.25, 0.3) is 11.1 Å². The van der Waals surface area contributed by atoms with Crippen LogP contribution < -0.4 is 10.0 Å². The third kappa shape index (κ3) is 3.67. The highest BCUT2D eigenvalue weighted by Crippen LogP contribution is 2.30. The third-order valence-electron chi connectivity index (χ3n) is 4.25. The molecule has 0 fully saturated rings. The molecule has 0 aliphatic carbocycles. The fourth-order valence-corrected chi connectivity index (χ4v) is 4.01. The Labute approximate surface area is 167 Å². The number of nitrogen functional groups attached to an aromatic ring is 1. The fourth-order valence-electron chi connectivity index (χ4n) is 2.56. The van der Waals surface area contributed by atoms with Crippen molar-refractivity contribution in [1.29, 1.82) is 0 Å². The van der Waals surface area contributed by atoms with Gasteiger partial charge < -0.3 is 5.73 Å². The van der Waals surface area contributed by atoms with Crippen molar-refractivity contribution in [2.75, 3.05) is 17.1 Å². The molecule has 28 heavy (non-hydrogen) atoms. The van der Waals surface area contributed by atoms with Crippen molar-refractivity contribution < 1.29 is 12.8 Å². The van der Waals surface area contributed by atoms with Crippen molar-refractivity contribution in [2.45, 2.75) is 24.8 Å². The monoisotopic (exact) mass is 423 g/mol. The number of nitrogens with two attached hydrogens (primary N) is 1. The summed E-state index contributed by atoms with van der Waals surface area (Å²) in [7, 11) is -2.72. The van der Waals surface area contributed by atoms with Gasteiger partial charge in [0.25, 0.3) is 10.0 Å². The number of sulfonamides is 1. The topological polar surface area (TPSA) is 94.1 Å². The number of aromatic nitrogens is 3. The summed E-state index contributed by atoms with van der Waals surface area (Å²) >= 11 is 5.78. The van der Waals surface area contributed by atoms with Crippen LogP contribution in [0.5, 0.6) is 0 Å². The van der Waals surface area contributed by atoms with E-state index >= 15 is 0 Å². The lowest BCUT2D eigenvalue weighted by molar-refractivity contribution is 0.532. The van der Waals surface area contributed by atoms with Gasteiger partial charge in [-0.15, -0.1) is 0 Å². The number of benzene rings is 1. The van der Waals surface area contributed by atoms with Gasteiger partial charge >= 0.3 is 0 Å². The van der Waals surface area contributed by atoms with E-state index in [0.717, 1.165) is 10.4 Å². The summed E-state index contributed by atoms with van der Waals surface area (Å²) in [6.45, 7) is 3.97. The first-order chi connectivity index (χ1) is 13.1. The number of hydrogen-bond donors (Lipinski definition) is 1. The fraction of sp³-hybridized carbons (Fsp3) is 0.222. The molecular formula is C18H19ClFN5O2S. The van der Waals surface area contributed by atoms with E-state index < -0.39 is 15.8 Å². The van der Waals surface area contributed by atoms with Gasteiger partial charge in [0.2, 0.25) is 0 Å². The first kappa shape index (κ1) is 20.1. The molecule has 148 valence electrons. The number of anilines is 2. The first-order valence-electron chi connectivity index (χ1n) is 8.35. The Morgan fingerprint density at radius 3 is 2.54 bits per heavy atom. The van der Waals surface area contributed by atoms with Crippen LogP contribution in [0, 0.1) is 5.82 Å². The van der Waals surface area contributed by atoms with Gasteiger partial charge in [-0.25, -0.2) is 17.8 Å². The molecule has 0 saturated heterocycles. The predicted octanol–water partition coefficient (Wildman–Crippen LogP) is 3.73. The molecule has 0 aliphatic rings. The molecule has 0 radical (unpaired) electrons. The molecular weight excluding hydrogens is 405 g/mol. The zero-order valence-corrected chi connectivity index (χ0v) is 17.0. The van der Waals surface area contributed by atoms with Gasteiger partial charge in [0.1, 0.15) is 16.5 Å². The van der Waals surface area contributed by atoms with Gasteiger partial charge in [-0.2, -0.15) is 5.10 Å². The lowest BCUT2D eigenvalue weighted by atomic mass is 10.2. The second-order valence-electron chi connectivity index (χ2n) is 6.48. The second kappa shape index (κ2) is 7.40. The molecule has 0 bridgehead atoms. The summed E-state index contributed by atoms with van der Waals surface area (Å²) in [6, 6.07) is 5.25. The minimum atomic E-state index is -4.05. The van der Waals surface area contributed by atoms with Crippen molar-refractivity contribution in [3.8, 4) is 11.1 Å². The number of halogens is 2. The van der Waals surface area contributed by atoms with Crippen LogP contribution in [-0.4, -0.2) is 30.2 Å². The maximum atomic E-state index is 13.4. The Balaban J connectivity index is 2.04. The van der Waals surface area contributed by atoms with Crippen LogP contribution in [0.3, 0.4) is 0 Å². The van der Waals surface area contributed by atoms with Crippen LogP contribution >= 0.6 is 11.6 Å². The smallest absolute Gasteiger partial charge is 0.267 e. The van der Waals surface area contributed by atoms with Gasteiger partial charge in [0.15, 0.2) is 0 Å². The van der Waals surface area contributed by atoms with Gasteiger partial charge in [-0.1, -0.05) is 11.6 Å². The summed E-state index contributed by atoms with van der Waals surface area (Å²) in [5.41, 5.74) is 7.32. The van der Waals surface area contributed by atoms with Crippen molar-refractivity contribution in [3.63, 3.8) is 0 Å². The number of nitrogens with zero attached hydrogens (tertiary/aromatic N) is 4. The lowest BCUT2D eigenvalue weighted by Gasteiger charge is -2.20. The van der Waals surface area contributed by atoms with Crippen molar-refractivity contribution >= 4 is 33.1 Å². The summed E-state index contributed by atoms with van der Waals surface area (Å²) in [5, 5.41) is 4.07. The van der Waals surface area contributed by atoms with Crippen molar-refractivity contribution in [2.24, 2.45) is 0 Å². The molecule has 0 spiro atoms. The van der Waals surface area contributed by atoms with Crippen molar-refractivity contribution in [1.82, 2.24) is 14.8 Å². The Morgan fingerprint density at radius 2 is 1.93 bits per heavy atom. The zero-order chi connectivity index (χ0) is 20.6. The lowest BCUT2D eigenvalue weighted by Crippen LogP contribution is -2.27. The summed E-state index contributed by atoms with van der Waals surface area (Å²) < 4.78 is 42.3. The minimum absolute atomic E-state index is 0.139. The number of rotatable bonds is 5. The van der Waals surface area contributed by atoms with Crippen LogP contribution in [0.15, 0.2) is 47.8 Å². The minimum Gasteiger partial charge on any atom is -0.383 e. The molecule has 2 heterocycles. The van der Waals surface area contributed by atoms with E-state index in [2.05, 4.69) is 10.1 Å². The average Bonchev–Trinajstić information content (AvgIpc) is 3.14. The van der Waals surface area contributed by atoms with E-state index in [-0.39, 0.29) is 27.5 Å². The van der Waals surface area contributed by atoms with Gasteiger partial charge in [-0.05, 0) is 38.1 Å². The largest absolute Gasteiger partial charge is 0.383 e. The second-order valence-corrected chi connectivity index (χ2v) is 8.83. The summed E-state index contributed by atoms with van der Waals surface area (Å²) in [4.78, 5) is 3.87. The Morgan fingerprint density at radius 1 is 1.21 bits per heavy atom. The Kier molecular flexibility index (Phi) is 5.31. The molecule has 7 nitrogen and oxygen atoms in total. The molecule has 0 unspecified atom stereocenters. The molecule has 2 aromatic heterocycles. The highest BCUT2D eigenvalue weighted by Gasteiger charge is 2.26. The molecule has 0 amide bonds. The molecule has 3 aromatic rings. The molecule has 0 aliphatic heterocycles. The van der Waals surface area contributed by atoms with E-state index in [1.807, 2.05) is 13.8 Å². The number of hydrogen-bond acceptors (Lipinski definition) is 5. The van der Waals surface area contributed by atoms with Crippen LogP contribution in [-0.2, 0) is 10.0 Å². The van der Waals surface area contributed by atoms with Gasteiger partial charge in [-0.3, -0.25) is 8.99 Å². The zero-order valence-electron chi connectivity index (χ0n) is 15.5. The van der Waals surface area contributed by atoms with Gasteiger partial charge in [0, 0.05) is 36.6 Å². The van der Waals surface area contributed by atoms with Crippen LogP contribution in [0.1, 0.15) is 19.9 Å². The molecule has 10 heteroatoms. The Hall–Kier alpha value is -2.65. The van der Waals surface area contributed by atoms with Crippen molar-refractivity contribution in [3.05, 3.63) is 53.7 Å². The van der Waals surface area contributed by atoms with E-state index in [9.17, 15) is 12.8 Å². The summed E-state index contributed by atoms with van der Waals surface area (Å²) in [6.07, 6.45) is 4.93. The summed E-state index contributed by atoms with van der Waals surface area (Å²) in [5.74, 6) is -0.776. The van der Waals surface area contributed by atoms with Gasteiger partial charge in [0.05, 0.1) is 16.9 Å². The molecule has 0 atom stereocenters.